The van der Waals surface area contributed by atoms with E-state index in [0.717, 1.165) is 16.8 Å². The molecular formula is C20H22ClNO3. The minimum atomic E-state index is -0.358. The Balaban J connectivity index is 1.97. The van der Waals surface area contributed by atoms with E-state index >= 15 is 0 Å². The highest BCUT2D eigenvalue weighted by molar-refractivity contribution is 6.31. The molecule has 0 radical (unpaired) electrons. The van der Waals surface area contributed by atoms with Crippen molar-refractivity contribution >= 4 is 23.8 Å². The summed E-state index contributed by atoms with van der Waals surface area (Å²) in [5.74, 6) is 1.17. The number of rotatable bonds is 3. The van der Waals surface area contributed by atoms with Crippen LogP contribution in [0.4, 0.5) is 0 Å². The molecule has 1 aliphatic rings. The zero-order valence-electron chi connectivity index (χ0n) is 15.1. The highest BCUT2D eigenvalue weighted by atomic mass is 35.5. The normalized spacial score (nSPS) is 19.3. The number of hydrogen-bond acceptors (Lipinski definition) is 3. The second-order valence-corrected chi connectivity index (χ2v) is 7.43. The summed E-state index contributed by atoms with van der Waals surface area (Å²) < 4.78 is 11.5. The summed E-state index contributed by atoms with van der Waals surface area (Å²) in [6.45, 7) is 9.85. The number of hydrogen-bond donors (Lipinski definition) is 1. The lowest BCUT2D eigenvalue weighted by atomic mass is 9.82. The number of ether oxygens (including phenoxy) is 1. The third-order valence-corrected chi connectivity index (χ3v) is 5.22. The molecule has 132 valence electrons. The van der Waals surface area contributed by atoms with Crippen molar-refractivity contribution in [2.45, 2.75) is 46.1 Å². The first-order valence-electron chi connectivity index (χ1n) is 8.26. The molecule has 0 fully saturated rings. The topological polar surface area (TPSA) is 55.2 Å². The number of H-pyrrole nitrogens is 1. The summed E-state index contributed by atoms with van der Waals surface area (Å²) in [6.07, 6.45) is 7.33. The molecule has 1 aliphatic heterocycles. The van der Waals surface area contributed by atoms with E-state index in [1.54, 1.807) is 18.3 Å². The fraction of sp³-hybridized carbons (Fsp3) is 0.350. The van der Waals surface area contributed by atoms with Gasteiger partial charge in [-0.2, -0.15) is 0 Å². The Bertz CT molecular complexity index is 931. The Hall–Kier alpha value is -2.20. The summed E-state index contributed by atoms with van der Waals surface area (Å²) in [5, 5.41) is 0.664. The van der Waals surface area contributed by atoms with Gasteiger partial charge in [0.1, 0.15) is 17.6 Å². The molecular weight excluding hydrogens is 338 g/mol. The maximum absolute atomic E-state index is 12.5. The van der Waals surface area contributed by atoms with E-state index in [-0.39, 0.29) is 17.1 Å². The third kappa shape index (κ3) is 3.07. The largest absolute Gasteiger partial charge is 0.489 e. The third-order valence-electron chi connectivity index (χ3n) is 4.89. The van der Waals surface area contributed by atoms with Crippen LogP contribution in [-0.4, -0.2) is 11.1 Å². The molecule has 0 spiro atoms. The van der Waals surface area contributed by atoms with Crippen LogP contribution in [0, 0.1) is 6.92 Å². The van der Waals surface area contributed by atoms with E-state index in [4.69, 9.17) is 20.8 Å². The van der Waals surface area contributed by atoms with Gasteiger partial charge in [0, 0.05) is 17.2 Å². The molecule has 5 heteroatoms. The maximum Gasteiger partial charge on any atom is 0.343 e. The monoisotopic (exact) mass is 359 g/mol. The van der Waals surface area contributed by atoms with Gasteiger partial charge in [0.25, 0.3) is 0 Å². The fourth-order valence-corrected chi connectivity index (χ4v) is 3.14. The Morgan fingerprint density at radius 1 is 1.40 bits per heavy atom. The predicted molar refractivity (Wildman–Crippen MR) is 101 cm³/mol. The second-order valence-electron chi connectivity index (χ2n) is 7.03. The van der Waals surface area contributed by atoms with Crippen LogP contribution in [0.5, 0.6) is 5.75 Å². The standard InChI is InChI=1S/C20H22ClNO3/c1-11(10-15-14(21)8-9-22-15)6-7-16-12(2)18-17(19(23)25-16)20(4,5)13(3)24-18/h6-10,13,22H,1-5H3/b7-6?,11-10+/t13-/m0/s1. The molecule has 25 heavy (non-hydrogen) atoms. The van der Waals surface area contributed by atoms with Gasteiger partial charge in [-0.25, -0.2) is 4.79 Å². The van der Waals surface area contributed by atoms with Crippen LogP contribution in [0.25, 0.3) is 12.2 Å². The van der Waals surface area contributed by atoms with E-state index in [1.807, 2.05) is 46.8 Å². The lowest BCUT2D eigenvalue weighted by Gasteiger charge is -2.20. The van der Waals surface area contributed by atoms with Crippen molar-refractivity contribution in [1.29, 1.82) is 0 Å². The van der Waals surface area contributed by atoms with E-state index < -0.39 is 0 Å². The van der Waals surface area contributed by atoms with Crippen LogP contribution in [0.1, 0.15) is 50.3 Å². The molecule has 4 nitrogen and oxygen atoms in total. The number of aromatic amines is 1. The van der Waals surface area contributed by atoms with Gasteiger partial charge in [-0.05, 0) is 44.6 Å². The van der Waals surface area contributed by atoms with E-state index in [2.05, 4.69) is 4.98 Å². The number of nitrogens with one attached hydrogen (secondary N) is 1. The SMILES string of the molecule is C/C(C=Cc1oc(=O)c2c(c1C)O[C@@H](C)C2(C)C)=C\c1[nH]ccc1Cl. The number of fused-ring (bicyclic) bond motifs is 1. The minimum absolute atomic E-state index is 0.0695. The van der Waals surface area contributed by atoms with Gasteiger partial charge in [0.2, 0.25) is 0 Å². The molecule has 1 atom stereocenters. The van der Waals surface area contributed by atoms with E-state index in [0.29, 0.717) is 22.1 Å². The van der Waals surface area contributed by atoms with Crippen LogP contribution >= 0.6 is 11.6 Å². The van der Waals surface area contributed by atoms with E-state index in [9.17, 15) is 4.79 Å². The molecule has 0 saturated heterocycles. The molecule has 1 N–H and O–H groups in total. The average molecular weight is 360 g/mol. The molecule has 0 aliphatic carbocycles. The first-order chi connectivity index (χ1) is 11.7. The van der Waals surface area contributed by atoms with Gasteiger partial charge >= 0.3 is 5.63 Å². The summed E-state index contributed by atoms with van der Waals surface area (Å²) in [5.41, 5.74) is 2.59. The number of allylic oxidation sites excluding steroid dienone is 2. The zero-order chi connectivity index (χ0) is 18.4. The van der Waals surface area contributed by atoms with E-state index in [1.165, 1.54) is 0 Å². The quantitative estimate of drug-likeness (QED) is 0.775. The second kappa shape index (κ2) is 6.26. The van der Waals surface area contributed by atoms with Crippen molar-refractivity contribution in [2.24, 2.45) is 0 Å². The van der Waals surface area contributed by atoms with Crippen molar-refractivity contribution in [3.8, 4) is 5.75 Å². The summed E-state index contributed by atoms with van der Waals surface area (Å²) in [6, 6.07) is 1.80. The average Bonchev–Trinajstić information content (AvgIpc) is 3.03. The Morgan fingerprint density at radius 3 is 2.76 bits per heavy atom. The van der Waals surface area contributed by atoms with Crippen molar-refractivity contribution in [2.75, 3.05) is 0 Å². The molecule has 0 aromatic carbocycles. The van der Waals surface area contributed by atoms with Crippen molar-refractivity contribution in [3.05, 3.63) is 61.9 Å². The first kappa shape index (κ1) is 17.6. The minimum Gasteiger partial charge on any atom is -0.489 e. The molecule has 2 aromatic heterocycles. The fourth-order valence-electron chi connectivity index (χ4n) is 2.97. The van der Waals surface area contributed by atoms with Crippen molar-refractivity contribution in [1.82, 2.24) is 4.98 Å². The summed E-state index contributed by atoms with van der Waals surface area (Å²) in [7, 11) is 0. The maximum atomic E-state index is 12.5. The van der Waals surface area contributed by atoms with Crippen LogP contribution in [0.15, 0.2) is 33.1 Å². The molecule has 0 bridgehead atoms. The van der Waals surface area contributed by atoms with Crippen LogP contribution < -0.4 is 10.4 Å². The predicted octanol–water partition coefficient (Wildman–Crippen LogP) is 5.10. The van der Waals surface area contributed by atoms with Gasteiger partial charge in [0.15, 0.2) is 0 Å². The van der Waals surface area contributed by atoms with Gasteiger partial charge in [-0.3, -0.25) is 0 Å². The Kier molecular flexibility index (Phi) is 4.41. The lowest BCUT2D eigenvalue weighted by molar-refractivity contribution is 0.184. The summed E-state index contributed by atoms with van der Waals surface area (Å²) in [4.78, 5) is 15.5. The lowest BCUT2D eigenvalue weighted by Crippen LogP contribution is -2.32. The molecule has 3 heterocycles. The molecule has 2 aromatic rings. The highest BCUT2D eigenvalue weighted by Crippen LogP contribution is 2.43. The first-order valence-corrected chi connectivity index (χ1v) is 8.63. The number of halogens is 1. The van der Waals surface area contributed by atoms with Crippen molar-refractivity contribution in [3.63, 3.8) is 0 Å². The molecule has 3 rings (SSSR count). The zero-order valence-corrected chi connectivity index (χ0v) is 15.8. The Morgan fingerprint density at radius 2 is 2.12 bits per heavy atom. The number of aromatic nitrogens is 1. The van der Waals surface area contributed by atoms with Crippen LogP contribution in [-0.2, 0) is 5.41 Å². The summed E-state index contributed by atoms with van der Waals surface area (Å²) >= 11 is 6.08. The van der Waals surface area contributed by atoms with Gasteiger partial charge in [-0.1, -0.05) is 31.5 Å². The molecule has 0 saturated carbocycles. The van der Waals surface area contributed by atoms with Gasteiger partial charge in [-0.15, -0.1) is 0 Å². The van der Waals surface area contributed by atoms with Crippen molar-refractivity contribution < 1.29 is 9.15 Å². The highest BCUT2D eigenvalue weighted by Gasteiger charge is 2.43. The van der Waals surface area contributed by atoms with Gasteiger partial charge < -0.3 is 14.1 Å². The van der Waals surface area contributed by atoms with Crippen LogP contribution in [0.3, 0.4) is 0 Å². The smallest absolute Gasteiger partial charge is 0.343 e. The van der Waals surface area contributed by atoms with Crippen LogP contribution in [0.2, 0.25) is 5.02 Å². The van der Waals surface area contributed by atoms with Gasteiger partial charge in [0.05, 0.1) is 16.3 Å². The molecule has 0 amide bonds. The molecule has 0 unspecified atom stereocenters. The Labute approximate surface area is 152 Å².